The van der Waals surface area contributed by atoms with Crippen LogP contribution in [0.15, 0.2) is 66.7 Å². The third-order valence-electron chi connectivity index (χ3n) is 4.42. The van der Waals surface area contributed by atoms with E-state index in [1.807, 2.05) is 42.5 Å². The van der Waals surface area contributed by atoms with E-state index in [0.717, 1.165) is 16.3 Å². The van der Waals surface area contributed by atoms with E-state index in [4.69, 9.17) is 0 Å². The summed E-state index contributed by atoms with van der Waals surface area (Å²) in [6, 6.07) is 19.0. The van der Waals surface area contributed by atoms with Crippen LogP contribution < -0.4 is 10.6 Å². The Bertz CT molecular complexity index is 968. The van der Waals surface area contributed by atoms with Gasteiger partial charge >= 0.3 is 0 Å². The van der Waals surface area contributed by atoms with Crippen LogP contribution in [0.5, 0.6) is 0 Å². The smallest absolute Gasteiger partial charge is 0.239 e. The molecule has 3 aromatic carbocycles. The van der Waals surface area contributed by atoms with Crippen molar-refractivity contribution in [2.45, 2.75) is 12.5 Å². The van der Waals surface area contributed by atoms with Crippen LogP contribution in [0.3, 0.4) is 0 Å². The number of amides is 2. The second kappa shape index (κ2) is 9.10. The lowest BCUT2D eigenvalue weighted by Crippen LogP contribution is -2.39. The number of hydrogen-bond acceptors (Lipinski definition) is 3. The third-order valence-corrected chi connectivity index (χ3v) is 4.42. The number of hydrogen-bond donors (Lipinski definition) is 3. The number of nitrogens with one attached hydrogen (secondary N) is 2. The molecule has 3 N–H and O–H groups in total. The van der Waals surface area contributed by atoms with E-state index < -0.39 is 17.8 Å². The van der Waals surface area contributed by atoms with Gasteiger partial charge < -0.3 is 15.7 Å². The lowest BCUT2D eigenvalue weighted by atomic mass is 10.0. The Balaban J connectivity index is 1.46. The quantitative estimate of drug-likeness (QED) is 0.589. The monoisotopic (exact) mass is 380 g/mol. The topological polar surface area (TPSA) is 78.4 Å². The van der Waals surface area contributed by atoms with Gasteiger partial charge in [0.25, 0.3) is 0 Å². The van der Waals surface area contributed by atoms with Crippen LogP contribution in [0.4, 0.5) is 4.39 Å². The molecule has 0 fully saturated rings. The van der Waals surface area contributed by atoms with E-state index in [-0.39, 0.29) is 25.4 Å². The molecule has 1 unspecified atom stereocenters. The number of carbonyl (C=O) groups excluding carboxylic acids is 2. The molecule has 0 aromatic heterocycles. The van der Waals surface area contributed by atoms with E-state index >= 15 is 0 Å². The number of aliphatic hydroxyl groups is 1. The van der Waals surface area contributed by atoms with Gasteiger partial charge in [-0.25, -0.2) is 4.39 Å². The van der Waals surface area contributed by atoms with Crippen molar-refractivity contribution in [1.82, 2.24) is 10.6 Å². The molecule has 0 radical (unpaired) electrons. The summed E-state index contributed by atoms with van der Waals surface area (Å²) in [5, 5.41) is 17.2. The average molecular weight is 380 g/mol. The first-order valence-corrected chi connectivity index (χ1v) is 8.96. The van der Waals surface area contributed by atoms with Crippen LogP contribution in [0, 0.1) is 5.82 Å². The van der Waals surface area contributed by atoms with E-state index in [1.165, 1.54) is 24.3 Å². The summed E-state index contributed by atoms with van der Waals surface area (Å²) in [5.41, 5.74) is 1.39. The summed E-state index contributed by atoms with van der Waals surface area (Å²) in [4.78, 5) is 24.1. The van der Waals surface area contributed by atoms with E-state index in [2.05, 4.69) is 10.6 Å². The van der Waals surface area contributed by atoms with Crippen molar-refractivity contribution in [2.24, 2.45) is 0 Å². The SMILES string of the molecule is O=C(CNC(=O)Cc1cccc2ccccc12)NCC(O)c1ccc(F)cc1. The van der Waals surface area contributed by atoms with Crippen LogP contribution in [0.1, 0.15) is 17.2 Å². The minimum Gasteiger partial charge on any atom is -0.387 e. The first-order chi connectivity index (χ1) is 13.5. The highest BCUT2D eigenvalue weighted by Crippen LogP contribution is 2.18. The van der Waals surface area contributed by atoms with Gasteiger partial charge in [-0.05, 0) is 34.0 Å². The van der Waals surface area contributed by atoms with Crippen LogP contribution in [0.25, 0.3) is 10.8 Å². The molecule has 6 heteroatoms. The predicted molar refractivity (Wildman–Crippen MR) is 105 cm³/mol. The minimum atomic E-state index is -0.948. The maximum absolute atomic E-state index is 12.9. The van der Waals surface area contributed by atoms with Gasteiger partial charge in [0.05, 0.1) is 19.1 Å². The van der Waals surface area contributed by atoms with E-state index in [0.29, 0.717) is 5.56 Å². The molecule has 0 aliphatic rings. The first kappa shape index (κ1) is 19.5. The fourth-order valence-corrected chi connectivity index (χ4v) is 2.94. The molecule has 0 bridgehead atoms. The number of fused-ring (bicyclic) bond motifs is 1. The molecule has 0 saturated heterocycles. The fourth-order valence-electron chi connectivity index (χ4n) is 2.94. The number of benzene rings is 3. The standard InChI is InChI=1S/C22H21FN2O3/c23-18-10-8-16(9-11-18)20(26)13-24-22(28)14-25-21(27)12-17-6-3-5-15-4-1-2-7-19(15)17/h1-11,20,26H,12-14H2,(H,24,28)(H,25,27). The van der Waals surface area contributed by atoms with Crippen molar-refractivity contribution in [2.75, 3.05) is 13.1 Å². The highest BCUT2D eigenvalue weighted by atomic mass is 19.1. The molecule has 0 spiro atoms. The summed E-state index contributed by atoms with van der Waals surface area (Å²) in [5.74, 6) is -1.06. The Morgan fingerprint density at radius 2 is 1.61 bits per heavy atom. The van der Waals surface area contributed by atoms with Crippen LogP contribution in [-0.2, 0) is 16.0 Å². The molecule has 144 valence electrons. The maximum atomic E-state index is 12.9. The van der Waals surface area contributed by atoms with E-state index in [9.17, 15) is 19.1 Å². The zero-order valence-corrected chi connectivity index (χ0v) is 15.2. The molecule has 2 amide bonds. The zero-order chi connectivity index (χ0) is 19.9. The molecule has 0 aliphatic carbocycles. The second-order valence-electron chi connectivity index (χ2n) is 6.46. The number of carbonyl (C=O) groups is 2. The third kappa shape index (κ3) is 5.14. The highest BCUT2D eigenvalue weighted by molar-refractivity contribution is 5.91. The average Bonchev–Trinajstić information content (AvgIpc) is 2.71. The molecular weight excluding hydrogens is 359 g/mol. The Labute approximate surface area is 162 Å². The Morgan fingerprint density at radius 3 is 2.39 bits per heavy atom. The Morgan fingerprint density at radius 1 is 0.893 bits per heavy atom. The number of aliphatic hydroxyl groups excluding tert-OH is 1. The Kier molecular flexibility index (Phi) is 6.34. The zero-order valence-electron chi connectivity index (χ0n) is 15.2. The molecule has 3 aromatic rings. The highest BCUT2D eigenvalue weighted by Gasteiger charge is 2.11. The molecule has 0 heterocycles. The van der Waals surface area contributed by atoms with Crippen LogP contribution in [0.2, 0.25) is 0 Å². The van der Waals surface area contributed by atoms with Gasteiger partial charge in [-0.2, -0.15) is 0 Å². The lowest BCUT2D eigenvalue weighted by Gasteiger charge is -2.13. The van der Waals surface area contributed by atoms with Crippen molar-refractivity contribution in [3.05, 3.63) is 83.7 Å². The van der Waals surface area contributed by atoms with Crippen molar-refractivity contribution < 1.29 is 19.1 Å². The largest absolute Gasteiger partial charge is 0.387 e. The minimum absolute atomic E-state index is 0.0241. The van der Waals surface area contributed by atoms with Crippen LogP contribution in [-0.4, -0.2) is 30.0 Å². The van der Waals surface area contributed by atoms with Gasteiger partial charge in [0.1, 0.15) is 5.82 Å². The van der Waals surface area contributed by atoms with Gasteiger partial charge in [-0.15, -0.1) is 0 Å². The summed E-state index contributed by atoms with van der Waals surface area (Å²) >= 11 is 0. The molecule has 5 nitrogen and oxygen atoms in total. The van der Waals surface area contributed by atoms with Crippen molar-refractivity contribution in [3.8, 4) is 0 Å². The maximum Gasteiger partial charge on any atom is 0.239 e. The molecule has 0 saturated carbocycles. The molecule has 28 heavy (non-hydrogen) atoms. The second-order valence-corrected chi connectivity index (χ2v) is 6.46. The van der Waals surface area contributed by atoms with Crippen molar-refractivity contribution in [1.29, 1.82) is 0 Å². The van der Waals surface area contributed by atoms with Gasteiger partial charge in [0, 0.05) is 6.54 Å². The summed E-state index contributed by atoms with van der Waals surface area (Å²) < 4.78 is 12.9. The molecule has 1 atom stereocenters. The molecule has 0 aliphatic heterocycles. The predicted octanol–water partition coefficient (Wildman–Crippen LogP) is 2.49. The number of rotatable bonds is 7. The van der Waals surface area contributed by atoms with Gasteiger partial charge in [0.2, 0.25) is 11.8 Å². The normalized spacial score (nSPS) is 11.8. The fraction of sp³-hybridized carbons (Fsp3) is 0.182. The Hall–Kier alpha value is -3.25. The molecular formula is C22H21FN2O3. The van der Waals surface area contributed by atoms with Gasteiger partial charge in [-0.1, -0.05) is 54.6 Å². The summed E-state index contributed by atoms with van der Waals surface area (Å²) in [6.07, 6.45) is -0.775. The summed E-state index contributed by atoms with van der Waals surface area (Å²) in [7, 11) is 0. The van der Waals surface area contributed by atoms with Gasteiger partial charge in [0.15, 0.2) is 0 Å². The number of halogens is 1. The first-order valence-electron chi connectivity index (χ1n) is 8.96. The van der Waals surface area contributed by atoms with Gasteiger partial charge in [-0.3, -0.25) is 9.59 Å². The van der Waals surface area contributed by atoms with E-state index in [1.54, 1.807) is 0 Å². The summed E-state index contributed by atoms with van der Waals surface area (Å²) in [6.45, 7) is -0.205. The van der Waals surface area contributed by atoms with Crippen molar-refractivity contribution in [3.63, 3.8) is 0 Å². The molecule has 3 rings (SSSR count). The lowest BCUT2D eigenvalue weighted by molar-refractivity contribution is -0.125. The van der Waals surface area contributed by atoms with Crippen molar-refractivity contribution >= 4 is 22.6 Å². The van der Waals surface area contributed by atoms with Crippen LogP contribution >= 0.6 is 0 Å².